The standard InChI is InChI=1S/C16H28N2O3/c1-13-5-9-17(10-6-13)7-3-4-8-18-12-14(11-15(18)19)16(20)21-2/h13-14H,3-12H2,1-2H3. The summed E-state index contributed by atoms with van der Waals surface area (Å²) in [5, 5.41) is 0. The van der Waals surface area contributed by atoms with Crippen LogP contribution in [0.3, 0.4) is 0 Å². The number of hydrogen-bond donors (Lipinski definition) is 0. The molecule has 0 spiro atoms. The zero-order valence-corrected chi connectivity index (χ0v) is 13.3. The Morgan fingerprint density at radius 2 is 1.90 bits per heavy atom. The van der Waals surface area contributed by atoms with E-state index in [-0.39, 0.29) is 17.8 Å². The quantitative estimate of drug-likeness (QED) is 0.551. The molecular weight excluding hydrogens is 268 g/mol. The van der Waals surface area contributed by atoms with Crippen molar-refractivity contribution in [2.75, 3.05) is 39.8 Å². The fraction of sp³-hybridized carbons (Fsp3) is 0.875. The number of amides is 1. The molecule has 2 saturated heterocycles. The molecule has 1 amide bonds. The van der Waals surface area contributed by atoms with E-state index in [0.29, 0.717) is 13.0 Å². The lowest BCUT2D eigenvalue weighted by Gasteiger charge is -2.30. The van der Waals surface area contributed by atoms with Crippen LogP contribution in [0.2, 0.25) is 0 Å². The summed E-state index contributed by atoms with van der Waals surface area (Å²) < 4.78 is 4.72. The average molecular weight is 296 g/mol. The lowest BCUT2D eigenvalue weighted by Crippen LogP contribution is -2.34. The third kappa shape index (κ3) is 4.70. The number of hydrogen-bond acceptors (Lipinski definition) is 4. The first-order chi connectivity index (χ1) is 10.1. The molecule has 5 heteroatoms. The van der Waals surface area contributed by atoms with Gasteiger partial charge in [0.1, 0.15) is 0 Å². The summed E-state index contributed by atoms with van der Waals surface area (Å²) in [6, 6.07) is 0. The number of carbonyl (C=O) groups is 2. The Morgan fingerprint density at radius 3 is 2.57 bits per heavy atom. The molecule has 0 radical (unpaired) electrons. The molecule has 5 nitrogen and oxygen atoms in total. The van der Waals surface area contributed by atoms with E-state index in [1.165, 1.54) is 33.0 Å². The van der Waals surface area contributed by atoms with Gasteiger partial charge in [-0.3, -0.25) is 9.59 Å². The van der Waals surface area contributed by atoms with Gasteiger partial charge in [0.2, 0.25) is 5.91 Å². The first kappa shape index (κ1) is 16.3. The van der Waals surface area contributed by atoms with Crippen molar-refractivity contribution in [3.63, 3.8) is 0 Å². The van der Waals surface area contributed by atoms with Gasteiger partial charge in [-0.15, -0.1) is 0 Å². The van der Waals surface area contributed by atoms with Gasteiger partial charge in [0.25, 0.3) is 0 Å². The number of carbonyl (C=O) groups excluding carboxylic acids is 2. The van der Waals surface area contributed by atoms with E-state index in [4.69, 9.17) is 4.74 Å². The highest BCUT2D eigenvalue weighted by Gasteiger charge is 2.34. The minimum Gasteiger partial charge on any atom is -0.469 e. The van der Waals surface area contributed by atoms with Crippen LogP contribution in [-0.4, -0.2) is 61.5 Å². The molecular formula is C16H28N2O3. The molecule has 0 aromatic rings. The zero-order valence-electron chi connectivity index (χ0n) is 13.3. The van der Waals surface area contributed by atoms with Gasteiger partial charge in [0.15, 0.2) is 0 Å². The van der Waals surface area contributed by atoms with Crippen molar-refractivity contribution in [3.05, 3.63) is 0 Å². The first-order valence-electron chi connectivity index (χ1n) is 8.18. The highest BCUT2D eigenvalue weighted by atomic mass is 16.5. The Kier molecular flexibility index (Phi) is 6.03. The van der Waals surface area contributed by atoms with Crippen LogP contribution in [0, 0.1) is 11.8 Å². The molecule has 2 rings (SSSR count). The molecule has 2 fully saturated rings. The van der Waals surface area contributed by atoms with Crippen molar-refractivity contribution in [1.29, 1.82) is 0 Å². The number of ether oxygens (including phenoxy) is 1. The van der Waals surface area contributed by atoms with Gasteiger partial charge in [0.05, 0.1) is 13.0 Å². The molecule has 0 saturated carbocycles. The molecule has 21 heavy (non-hydrogen) atoms. The maximum atomic E-state index is 11.8. The molecule has 0 aliphatic carbocycles. The van der Waals surface area contributed by atoms with E-state index in [9.17, 15) is 9.59 Å². The van der Waals surface area contributed by atoms with Crippen LogP contribution in [0.4, 0.5) is 0 Å². The number of piperidine rings is 1. The Labute approximate surface area is 127 Å². The molecule has 1 unspecified atom stereocenters. The van der Waals surface area contributed by atoms with Gasteiger partial charge < -0.3 is 14.5 Å². The Hall–Kier alpha value is -1.10. The van der Waals surface area contributed by atoms with Crippen LogP contribution in [0.25, 0.3) is 0 Å². The SMILES string of the molecule is COC(=O)C1CC(=O)N(CCCCN2CCC(C)CC2)C1. The van der Waals surface area contributed by atoms with Crippen LogP contribution in [0.5, 0.6) is 0 Å². The Bertz CT molecular complexity index is 365. The predicted octanol–water partition coefficient (Wildman–Crippen LogP) is 1.52. The molecule has 1 atom stereocenters. The zero-order chi connectivity index (χ0) is 15.2. The fourth-order valence-corrected chi connectivity index (χ4v) is 3.24. The molecule has 120 valence electrons. The van der Waals surface area contributed by atoms with Crippen molar-refractivity contribution in [1.82, 2.24) is 9.80 Å². The first-order valence-corrected chi connectivity index (χ1v) is 8.18. The third-order valence-corrected chi connectivity index (χ3v) is 4.78. The highest BCUT2D eigenvalue weighted by Crippen LogP contribution is 2.20. The van der Waals surface area contributed by atoms with Gasteiger partial charge in [0, 0.05) is 19.5 Å². The summed E-state index contributed by atoms with van der Waals surface area (Å²) in [4.78, 5) is 27.7. The van der Waals surface area contributed by atoms with Gasteiger partial charge in [-0.1, -0.05) is 6.92 Å². The molecule has 2 aliphatic heterocycles. The number of esters is 1. The lowest BCUT2D eigenvalue weighted by molar-refractivity contribution is -0.145. The van der Waals surface area contributed by atoms with Gasteiger partial charge >= 0.3 is 5.97 Å². The largest absolute Gasteiger partial charge is 0.469 e. The topological polar surface area (TPSA) is 49.9 Å². The van der Waals surface area contributed by atoms with Crippen molar-refractivity contribution < 1.29 is 14.3 Å². The summed E-state index contributed by atoms with van der Waals surface area (Å²) in [6.07, 6.45) is 5.08. The van der Waals surface area contributed by atoms with Crippen molar-refractivity contribution in [3.8, 4) is 0 Å². The van der Waals surface area contributed by atoms with Crippen molar-refractivity contribution >= 4 is 11.9 Å². The number of rotatable bonds is 6. The minimum atomic E-state index is -0.258. The minimum absolute atomic E-state index is 0.0946. The van der Waals surface area contributed by atoms with E-state index in [0.717, 1.165) is 31.8 Å². The van der Waals surface area contributed by atoms with E-state index in [1.807, 2.05) is 4.90 Å². The summed E-state index contributed by atoms with van der Waals surface area (Å²) in [5.41, 5.74) is 0. The maximum Gasteiger partial charge on any atom is 0.310 e. The maximum absolute atomic E-state index is 11.8. The van der Waals surface area contributed by atoms with E-state index in [2.05, 4.69) is 11.8 Å². The summed E-state index contributed by atoms with van der Waals surface area (Å²) in [6.45, 7) is 7.20. The van der Waals surface area contributed by atoms with E-state index in [1.54, 1.807) is 0 Å². The number of likely N-dealkylation sites (tertiary alicyclic amines) is 2. The molecule has 0 bridgehead atoms. The second-order valence-electron chi connectivity index (χ2n) is 6.50. The highest BCUT2D eigenvalue weighted by molar-refractivity contribution is 5.86. The monoisotopic (exact) mass is 296 g/mol. The van der Waals surface area contributed by atoms with Crippen LogP contribution in [-0.2, 0) is 14.3 Å². The van der Waals surface area contributed by atoms with E-state index < -0.39 is 0 Å². The lowest BCUT2D eigenvalue weighted by atomic mass is 9.99. The van der Waals surface area contributed by atoms with Crippen LogP contribution >= 0.6 is 0 Å². The average Bonchev–Trinajstić information content (AvgIpc) is 2.86. The van der Waals surface area contributed by atoms with Crippen molar-refractivity contribution in [2.45, 2.75) is 39.0 Å². The Morgan fingerprint density at radius 1 is 1.24 bits per heavy atom. The third-order valence-electron chi connectivity index (χ3n) is 4.78. The molecule has 0 aromatic heterocycles. The molecule has 0 aromatic carbocycles. The predicted molar refractivity (Wildman–Crippen MR) is 80.8 cm³/mol. The summed E-state index contributed by atoms with van der Waals surface area (Å²) in [7, 11) is 1.38. The van der Waals surface area contributed by atoms with E-state index >= 15 is 0 Å². The second kappa shape index (κ2) is 7.78. The molecule has 2 aliphatic rings. The molecule has 2 heterocycles. The number of methoxy groups -OCH3 is 1. The normalized spacial score (nSPS) is 24.6. The number of unbranched alkanes of at least 4 members (excludes halogenated alkanes) is 1. The van der Waals surface area contributed by atoms with Gasteiger partial charge in [-0.2, -0.15) is 0 Å². The summed E-state index contributed by atoms with van der Waals surface area (Å²) in [5.74, 6) is 0.454. The van der Waals surface area contributed by atoms with Gasteiger partial charge in [-0.25, -0.2) is 0 Å². The second-order valence-corrected chi connectivity index (χ2v) is 6.50. The Balaban J connectivity index is 1.60. The smallest absolute Gasteiger partial charge is 0.310 e. The molecule has 0 N–H and O–H groups in total. The van der Waals surface area contributed by atoms with Gasteiger partial charge in [-0.05, 0) is 51.2 Å². The van der Waals surface area contributed by atoms with Crippen LogP contribution in [0.1, 0.15) is 39.0 Å². The summed E-state index contributed by atoms with van der Waals surface area (Å²) >= 11 is 0. The van der Waals surface area contributed by atoms with Crippen LogP contribution in [0.15, 0.2) is 0 Å². The van der Waals surface area contributed by atoms with Crippen LogP contribution < -0.4 is 0 Å². The number of nitrogens with zero attached hydrogens (tertiary/aromatic N) is 2. The fourth-order valence-electron chi connectivity index (χ4n) is 3.24. The van der Waals surface area contributed by atoms with Crippen molar-refractivity contribution in [2.24, 2.45) is 11.8 Å².